The van der Waals surface area contributed by atoms with Crippen LogP contribution >= 0.6 is 0 Å². The zero-order valence-corrected chi connectivity index (χ0v) is 10.6. The summed E-state index contributed by atoms with van der Waals surface area (Å²) in [5.41, 5.74) is 0. The number of hydrogen-bond donors (Lipinski definition) is 1. The van der Waals surface area contributed by atoms with Gasteiger partial charge in [0.2, 0.25) is 0 Å². The van der Waals surface area contributed by atoms with Crippen LogP contribution in [0.25, 0.3) is 0 Å². The lowest BCUT2D eigenvalue weighted by atomic mass is 9.55. The average Bonchev–Trinajstić information content (AvgIpc) is 2.37. The van der Waals surface area contributed by atoms with E-state index in [2.05, 4.69) is 0 Å². The van der Waals surface area contributed by atoms with Crippen LogP contribution in [0.4, 0.5) is 0 Å². The highest BCUT2D eigenvalue weighted by atomic mass is 16.4. The molecule has 3 aliphatic rings. The van der Waals surface area contributed by atoms with Crippen molar-refractivity contribution in [1.82, 2.24) is 0 Å². The van der Waals surface area contributed by atoms with Crippen molar-refractivity contribution in [3.05, 3.63) is 0 Å². The molecule has 2 nitrogen and oxygen atoms in total. The lowest BCUT2D eigenvalue weighted by Crippen LogP contribution is -2.43. The number of hydrogen-bond acceptors (Lipinski definition) is 1. The van der Waals surface area contributed by atoms with E-state index in [0.717, 1.165) is 30.6 Å². The summed E-state index contributed by atoms with van der Waals surface area (Å²) in [6, 6.07) is 0. The second-order valence-electron chi connectivity index (χ2n) is 6.49. The molecule has 0 spiro atoms. The fraction of sp³-hybridized carbons (Fsp3) is 0.933. The normalized spacial score (nSPS) is 45.8. The quantitative estimate of drug-likeness (QED) is 0.753. The van der Waals surface area contributed by atoms with Crippen molar-refractivity contribution in [2.45, 2.75) is 57.8 Å². The molecule has 2 heteroatoms. The SMILES string of the molecule is O=C(O)C1CCCC2C3CCCCC3CCC12. The molecule has 96 valence electrons. The van der Waals surface area contributed by atoms with Gasteiger partial charge in [-0.2, -0.15) is 0 Å². The Kier molecular flexibility index (Phi) is 3.14. The minimum atomic E-state index is -0.519. The Bertz CT molecular complexity index is 299. The van der Waals surface area contributed by atoms with Gasteiger partial charge in [-0.1, -0.05) is 25.7 Å². The fourth-order valence-electron chi connectivity index (χ4n) is 5.12. The predicted octanol–water partition coefficient (Wildman–Crippen LogP) is 3.70. The van der Waals surface area contributed by atoms with Gasteiger partial charge in [0.15, 0.2) is 0 Å². The van der Waals surface area contributed by atoms with Crippen molar-refractivity contribution in [2.24, 2.45) is 29.6 Å². The molecule has 0 aromatic rings. The Morgan fingerprint density at radius 2 is 1.53 bits per heavy atom. The van der Waals surface area contributed by atoms with Gasteiger partial charge in [0.1, 0.15) is 0 Å². The third-order valence-corrected chi connectivity index (χ3v) is 5.83. The van der Waals surface area contributed by atoms with E-state index >= 15 is 0 Å². The van der Waals surface area contributed by atoms with Gasteiger partial charge in [0.05, 0.1) is 5.92 Å². The van der Waals surface area contributed by atoms with Crippen molar-refractivity contribution in [3.63, 3.8) is 0 Å². The summed E-state index contributed by atoms with van der Waals surface area (Å²) in [6.07, 6.45) is 11.5. The molecule has 17 heavy (non-hydrogen) atoms. The largest absolute Gasteiger partial charge is 0.481 e. The summed E-state index contributed by atoms with van der Waals surface area (Å²) in [6.45, 7) is 0. The zero-order valence-electron chi connectivity index (χ0n) is 10.6. The van der Waals surface area contributed by atoms with Crippen LogP contribution in [0.2, 0.25) is 0 Å². The minimum absolute atomic E-state index is 0.0170. The van der Waals surface area contributed by atoms with Crippen LogP contribution in [0, 0.1) is 29.6 Å². The van der Waals surface area contributed by atoms with Gasteiger partial charge < -0.3 is 5.11 Å². The number of carbonyl (C=O) groups is 1. The van der Waals surface area contributed by atoms with E-state index in [9.17, 15) is 9.90 Å². The topological polar surface area (TPSA) is 37.3 Å². The minimum Gasteiger partial charge on any atom is -0.481 e. The number of carboxylic acid groups (broad SMARTS) is 1. The summed E-state index contributed by atoms with van der Waals surface area (Å²) in [5, 5.41) is 9.37. The molecule has 0 aromatic carbocycles. The van der Waals surface area contributed by atoms with Gasteiger partial charge in [0.25, 0.3) is 0 Å². The van der Waals surface area contributed by atoms with Gasteiger partial charge in [-0.15, -0.1) is 0 Å². The first-order valence-corrected chi connectivity index (χ1v) is 7.50. The lowest BCUT2D eigenvalue weighted by Gasteiger charge is -2.49. The Morgan fingerprint density at radius 1 is 0.765 bits per heavy atom. The summed E-state index contributed by atoms with van der Waals surface area (Å²) >= 11 is 0. The maximum atomic E-state index is 11.4. The number of rotatable bonds is 1. The predicted molar refractivity (Wildman–Crippen MR) is 66.6 cm³/mol. The zero-order chi connectivity index (χ0) is 11.8. The van der Waals surface area contributed by atoms with Crippen LogP contribution in [-0.2, 0) is 4.79 Å². The van der Waals surface area contributed by atoms with Crippen molar-refractivity contribution >= 4 is 5.97 Å². The average molecular weight is 236 g/mol. The molecular formula is C15H24O2. The Labute approximate surface area is 104 Å². The molecule has 0 radical (unpaired) electrons. The van der Waals surface area contributed by atoms with Gasteiger partial charge in [-0.3, -0.25) is 4.79 Å². The highest BCUT2D eigenvalue weighted by molar-refractivity contribution is 5.70. The first-order chi connectivity index (χ1) is 8.27. The van der Waals surface area contributed by atoms with Crippen molar-refractivity contribution in [2.75, 3.05) is 0 Å². The van der Waals surface area contributed by atoms with Gasteiger partial charge in [-0.25, -0.2) is 0 Å². The molecule has 0 amide bonds. The van der Waals surface area contributed by atoms with E-state index in [1.165, 1.54) is 44.9 Å². The van der Waals surface area contributed by atoms with Gasteiger partial charge in [-0.05, 0) is 55.8 Å². The summed E-state index contributed by atoms with van der Waals surface area (Å²) in [4.78, 5) is 11.4. The smallest absolute Gasteiger partial charge is 0.306 e. The first-order valence-electron chi connectivity index (χ1n) is 7.50. The molecule has 3 fully saturated rings. The number of carboxylic acids is 1. The number of fused-ring (bicyclic) bond motifs is 3. The highest BCUT2D eigenvalue weighted by Crippen LogP contribution is 2.53. The van der Waals surface area contributed by atoms with Gasteiger partial charge >= 0.3 is 5.97 Å². The van der Waals surface area contributed by atoms with Crippen molar-refractivity contribution in [3.8, 4) is 0 Å². The van der Waals surface area contributed by atoms with Crippen LogP contribution in [0.3, 0.4) is 0 Å². The monoisotopic (exact) mass is 236 g/mol. The van der Waals surface area contributed by atoms with Crippen molar-refractivity contribution < 1.29 is 9.90 Å². The Hall–Kier alpha value is -0.530. The number of aliphatic carboxylic acids is 1. The molecule has 0 aromatic heterocycles. The maximum absolute atomic E-state index is 11.4. The molecule has 3 aliphatic carbocycles. The van der Waals surface area contributed by atoms with E-state index in [4.69, 9.17) is 0 Å². The molecular weight excluding hydrogens is 212 g/mol. The molecule has 0 heterocycles. The molecule has 1 N–H and O–H groups in total. The van der Waals surface area contributed by atoms with Crippen LogP contribution < -0.4 is 0 Å². The fourth-order valence-corrected chi connectivity index (χ4v) is 5.12. The van der Waals surface area contributed by atoms with Crippen LogP contribution in [-0.4, -0.2) is 11.1 Å². The summed E-state index contributed by atoms with van der Waals surface area (Å²) < 4.78 is 0. The van der Waals surface area contributed by atoms with E-state index in [1.54, 1.807) is 0 Å². The molecule has 0 bridgehead atoms. The second kappa shape index (κ2) is 4.62. The molecule has 3 rings (SSSR count). The lowest BCUT2D eigenvalue weighted by molar-refractivity contribution is -0.148. The van der Waals surface area contributed by atoms with Gasteiger partial charge in [0, 0.05) is 0 Å². The molecule has 3 saturated carbocycles. The van der Waals surface area contributed by atoms with Crippen LogP contribution in [0.15, 0.2) is 0 Å². The van der Waals surface area contributed by atoms with E-state index in [0.29, 0.717) is 5.92 Å². The van der Waals surface area contributed by atoms with Crippen LogP contribution in [0.1, 0.15) is 57.8 Å². The second-order valence-corrected chi connectivity index (χ2v) is 6.49. The Morgan fingerprint density at radius 3 is 2.35 bits per heavy atom. The third kappa shape index (κ3) is 2.00. The van der Waals surface area contributed by atoms with Crippen molar-refractivity contribution in [1.29, 1.82) is 0 Å². The molecule has 0 saturated heterocycles. The van der Waals surface area contributed by atoms with E-state index < -0.39 is 5.97 Å². The summed E-state index contributed by atoms with van der Waals surface area (Å²) in [5.74, 6) is 2.55. The summed E-state index contributed by atoms with van der Waals surface area (Å²) in [7, 11) is 0. The maximum Gasteiger partial charge on any atom is 0.306 e. The molecule has 0 aliphatic heterocycles. The molecule has 5 atom stereocenters. The molecule has 5 unspecified atom stereocenters. The van der Waals surface area contributed by atoms with Crippen LogP contribution in [0.5, 0.6) is 0 Å². The first kappa shape index (κ1) is 11.6. The van der Waals surface area contributed by atoms with E-state index in [1.807, 2.05) is 0 Å². The van der Waals surface area contributed by atoms with E-state index in [-0.39, 0.29) is 5.92 Å². The third-order valence-electron chi connectivity index (χ3n) is 5.83. The Balaban J connectivity index is 1.78. The highest BCUT2D eigenvalue weighted by Gasteiger charge is 2.46. The standard InChI is InChI=1S/C15H24O2/c16-15(17)14-7-3-6-12-11-5-2-1-4-10(11)8-9-13(12)14/h10-14H,1-9H2,(H,16,17).